The highest BCUT2D eigenvalue weighted by molar-refractivity contribution is 5.76. The Kier molecular flexibility index (Phi) is 6.10. The van der Waals surface area contributed by atoms with Crippen LogP contribution in [0.25, 0.3) is 0 Å². The highest BCUT2D eigenvalue weighted by Crippen LogP contribution is 2.24. The molecule has 1 saturated heterocycles. The number of nitrogens with zero attached hydrogens (tertiary/aromatic N) is 1. The molecule has 1 aromatic carbocycles. The summed E-state index contributed by atoms with van der Waals surface area (Å²) in [6.07, 6.45) is 2.33. The van der Waals surface area contributed by atoms with Crippen molar-refractivity contribution in [1.82, 2.24) is 15.5 Å². The number of likely N-dealkylation sites (N-methyl/N-ethyl adjacent to an activating group) is 1. The van der Waals surface area contributed by atoms with Gasteiger partial charge in [-0.25, -0.2) is 4.39 Å². The molecule has 1 heterocycles. The molecule has 0 unspecified atom stereocenters. The Labute approximate surface area is 136 Å². The number of benzene rings is 1. The van der Waals surface area contributed by atoms with Crippen molar-refractivity contribution >= 4 is 11.8 Å². The van der Waals surface area contributed by atoms with Crippen molar-refractivity contribution in [3.8, 4) is 0 Å². The first-order valence-corrected chi connectivity index (χ1v) is 7.93. The molecule has 0 aliphatic carbocycles. The van der Waals surface area contributed by atoms with Gasteiger partial charge in [-0.15, -0.1) is 0 Å². The van der Waals surface area contributed by atoms with E-state index in [4.69, 9.17) is 0 Å². The molecule has 0 radical (unpaired) electrons. The molecular formula is C17H24FN3O2. The number of amides is 2. The van der Waals surface area contributed by atoms with Crippen LogP contribution < -0.4 is 10.6 Å². The minimum Gasteiger partial charge on any atom is -0.355 e. The van der Waals surface area contributed by atoms with Crippen LogP contribution >= 0.6 is 0 Å². The van der Waals surface area contributed by atoms with Gasteiger partial charge < -0.3 is 10.6 Å². The summed E-state index contributed by atoms with van der Waals surface area (Å²) in [7, 11) is 1.99. The fourth-order valence-electron chi connectivity index (χ4n) is 2.98. The largest absolute Gasteiger partial charge is 0.355 e. The maximum absolute atomic E-state index is 13.1. The summed E-state index contributed by atoms with van der Waals surface area (Å²) in [4.78, 5) is 25.2. The number of likely N-dealkylation sites (tertiary alicyclic amines) is 1. The summed E-state index contributed by atoms with van der Waals surface area (Å²) >= 11 is 0. The molecule has 1 aromatic rings. The maximum Gasteiger partial charge on any atom is 0.221 e. The smallest absolute Gasteiger partial charge is 0.221 e. The first kappa shape index (κ1) is 17.4. The normalized spacial score (nSPS) is 21.2. The van der Waals surface area contributed by atoms with Gasteiger partial charge in [0, 0.05) is 38.5 Å². The van der Waals surface area contributed by atoms with Gasteiger partial charge in [0.2, 0.25) is 11.8 Å². The number of carbonyl (C=O) groups is 2. The molecule has 1 aliphatic rings. The van der Waals surface area contributed by atoms with Gasteiger partial charge in [-0.3, -0.25) is 14.5 Å². The molecule has 23 heavy (non-hydrogen) atoms. The van der Waals surface area contributed by atoms with Crippen LogP contribution in [0.15, 0.2) is 24.3 Å². The lowest BCUT2D eigenvalue weighted by molar-refractivity contribution is -0.122. The summed E-state index contributed by atoms with van der Waals surface area (Å²) < 4.78 is 13.1. The summed E-state index contributed by atoms with van der Waals surface area (Å²) in [5.74, 6) is -0.367. The van der Waals surface area contributed by atoms with Gasteiger partial charge in [-0.05, 0) is 37.6 Å². The third kappa shape index (κ3) is 5.32. The van der Waals surface area contributed by atoms with E-state index in [-0.39, 0.29) is 29.7 Å². The molecule has 0 bridgehead atoms. The summed E-state index contributed by atoms with van der Waals surface area (Å²) in [6, 6.07) is 6.68. The van der Waals surface area contributed by atoms with Crippen molar-refractivity contribution in [1.29, 1.82) is 0 Å². The molecule has 6 heteroatoms. The van der Waals surface area contributed by atoms with E-state index in [0.717, 1.165) is 18.4 Å². The number of halogens is 1. The second-order valence-corrected chi connectivity index (χ2v) is 6.10. The molecule has 2 amide bonds. The molecule has 2 N–H and O–H groups in total. The SMILES string of the molecule is CC(=O)NC[C@H]1CC[C@@H](CC(=O)NCc2cccc(F)c2)N1C. The highest BCUT2D eigenvalue weighted by atomic mass is 19.1. The van der Waals surface area contributed by atoms with E-state index >= 15 is 0 Å². The molecule has 0 aromatic heterocycles. The minimum absolute atomic E-state index is 0.0327. The monoisotopic (exact) mass is 321 g/mol. The van der Waals surface area contributed by atoms with Crippen molar-refractivity contribution < 1.29 is 14.0 Å². The second kappa shape index (κ2) is 8.06. The predicted octanol–water partition coefficient (Wildman–Crippen LogP) is 1.43. The second-order valence-electron chi connectivity index (χ2n) is 6.10. The number of hydrogen-bond acceptors (Lipinski definition) is 3. The first-order chi connectivity index (χ1) is 11.0. The van der Waals surface area contributed by atoms with Gasteiger partial charge in [-0.2, -0.15) is 0 Å². The van der Waals surface area contributed by atoms with Gasteiger partial charge in [-0.1, -0.05) is 12.1 Å². The molecule has 0 spiro atoms. The zero-order valence-corrected chi connectivity index (χ0v) is 13.6. The quantitative estimate of drug-likeness (QED) is 0.833. The van der Waals surface area contributed by atoms with Crippen molar-refractivity contribution in [2.75, 3.05) is 13.6 Å². The van der Waals surface area contributed by atoms with Crippen LogP contribution in [0.4, 0.5) is 4.39 Å². The van der Waals surface area contributed by atoms with E-state index in [1.807, 2.05) is 7.05 Å². The zero-order valence-electron chi connectivity index (χ0n) is 13.6. The van der Waals surface area contributed by atoms with E-state index in [1.165, 1.54) is 19.1 Å². The van der Waals surface area contributed by atoms with Crippen LogP contribution in [0.2, 0.25) is 0 Å². The van der Waals surface area contributed by atoms with Crippen molar-refractivity contribution in [3.63, 3.8) is 0 Å². The van der Waals surface area contributed by atoms with Gasteiger partial charge in [0.25, 0.3) is 0 Å². The molecule has 126 valence electrons. The topological polar surface area (TPSA) is 61.4 Å². The first-order valence-electron chi connectivity index (χ1n) is 7.93. The molecule has 5 nitrogen and oxygen atoms in total. The van der Waals surface area contributed by atoms with Gasteiger partial charge in [0.1, 0.15) is 5.82 Å². The number of rotatable bonds is 6. The Bertz CT molecular complexity index is 565. The Balaban J connectivity index is 1.76. The lowest BCUT2D eigenvalue weighted by Gasteiger charge is -2.25. The Morgan fingerprint density at radius 3 is 2.70 bits per heavy atom. The standard InChI is InChI=1S/C17H24FN3O2/c1-12(22)19-11-16-7-6-15(21(16)2)9-17(23)20-10-13-4-3-5-14(18)8-13/h3-5,8,15-16H,6-7,9-11H2,1-2H3,(H,19,22)(H,20,23)/t15-,16+/m0/s1. The van der Waals surface area contributed by atoms with Crippen LogP contribution in [0, 0.1) is 5.82 Å². The third-order valence-electron chi connectivity index (χ3n) is 4.37. The van der Waals surface area contributed by atoms with Crippen LogP contribution in [0.5, 0.6) is 0 Å². The van der Waals surface area contributed by atoms with E-state index in [0.29, 0.717) is 19.5 Å². The van der Waals surface area contributed by atoms with Crippen molar-refractivity contribution in [2.24, 2.45) is 0 Å². The summed E-state index contributed by atoms with van der Waals surface area (Å²) in [5, 5.41) is 5.66. The molecule has 1 fully saturated rings. The van der Waals surface area contributed by atoms with Gasteiger partial charge in [0.15, 0.2) is 0 Å². The minimum atomic E-state index is -0.298. The third-order valence-corrected chi connectivity index (χ3v) is 4.37. The van der Waals surface area contributed by atoms with E-state index < -0.39 is 0 Å². The predicted molar refractivity (Wildman–Crippen MR) is 86.1 cm³/mol. The van der Waals surface area contributed by atoms with E-state index in [9.17, 15) is 14.0 Å². The Hall–Kier alpha value is -1.95. The number of carbonyl (C=O) groups excluding carboxylic acids is 2. The number of hydrogen-bond donors (Lipinski definition) is 2. The van der Waals surface area contributed by atoms with E-state index in [2.05, 4.69) is 15.5 Å². The summed E-state index contributed by atoms with van der Waals surface area (Å²) in [5.41, 5.74) is 0.752. The highest BCUT2D eigenvalue weighted by Gasteiger charge is 2.31. The molecule has 2 atom stereocenters. The van der Waals surface area contributed by atoms with Crippen LogP contribution in [-0.4, -0.2) is 42.4 Å². The maximum atomic E-state index is 13.1. The van der Waals surface area contributed by atoms with Crippen molar-refractivity contribution in [3.05, 3.63) is 35.6 Å². The average Bonchev–Trinajstić information content (AvgIpc) is 2.84. The van der Waals surface area contributed by atoms with E-state index in [1.54, 1.807) is 12.1 Å². The average molecular weight is 321 g/mol. The van der Waals surface area contributed by atoms with Crippen molar-refractivity contribution in [2.45, 2.75) is 44.8 Å². The zero-order chi connectivity index (χ0) is 16.8. The van der Waals surface area contributed by atoms with Gasteiger partial charge >= 0.3 is 0 Å². The Morgan fingerprint density at radius 1 is 1.26 bits per heavy atom. The van der Waals surface area contributed by atoms with Crippen LogP contribution in [0.3, 0.4) is 0 Å². The van der Waals surface area contributed by atoms with Crippen LogP contribution in [-0.2, 0) is 16.1 Å². The fraction of sp³-hybridized carbons (Fsp3) is 0.529. The fourth-order valence-corrected chi connectivity index (χ4v) is 2.98. The summed E-state index contributed by atoms with van der Waals surface area (Å²) in [6.45, 7) is 2.46. The molecular weight excluding hydrogens is 297 g/mol. The lowest BCUT2D eigenvalue weighted by Crippen LogP contribution is -2.41. The molecule has 2 rings (SSSR count). The van der Waals surface area contributed by atoms with Crippen LogP contribution in [0.1, 0.15) is 31.7 Å². The molecule has 0 saturated carbocycles. The molecule has 1 aliphatic heterocycles. The Morgan fingerprint density at radius 2 is 2.00 bits per heavy atom. The number of nitrogens with one attached hydrogen (secondary N) is 2. The lowest BCUT2D eigenvalue weighted by atomic mass is 10.1. The van der Waals surface area contributed by atoms with Gasteiger partial charge in [0.05, 0.1) is 0 Å².